The summed E-state index contributed by atoms with van der Waals surface area (Å²) in [6.45, 7) is 5.18. The monoisotopic (exact) mass is 322 g/mol. The number of aliphatic hydroxyl groups is 1. The fourth-order valence-corrected chi connectivity index (χ4v) is 2.13. The molecule has 7 heteroatoms. The Morgan fingerprint density at radius 2 is 2.00 bits per heavy atom. The van der Waals surface area contributed by atoms with Crippen LogP contribution in [0.15, 0.2) is 28.7 Å². The number of fused-ring (bicyclic) bond motifs is 1. The molecular weight excluding hydrogens is 300 g/mol. The van der Waals surface area contributed by atoms with Gasteiger partial charge in [-0.15, -0.1) is 0 Å². The summed E-state index contributed by atoms with van der Waals surface area (Å²) in [6, 6.07) is 7.05. The van der Waals surface area contributed by atoms with Gasteiger partial charge in [-0.05, 0) is 32.9 Å². The largest absolute Gasteiger partial charge is 0.460 e. The molecule has 3 unspecified atom stereocenters. The van der Waals surface area contributed by atoms with Crippen molar-refractivity contribution in [1.82, 2.24) is 4.98 Å². The molecule has 2 aromatic rings. The average molecular weight is 322 g/mol. The van der Waals surface area contributed by atoms with Crippen LogP contribution in [0, 0.1) is 5.92 Å². The molecule has 23 heavy (non-hydrogen) atoms. The topological polar surface area (TPSA) is 108 Å². The van der Waals surface area contributed by atoms with Crippen LogP contribution >= 0.6 is 0 Å². The number of nitrogens with zero attached hydrogens (tertiary/aromatic N) is 1. The molecule has 1 heterocycles. The van der Waals surface area contributed by atoms with Gasteiger partial charge in [0.25, 0.3) is 0 Å². The van der Waals surface area contributed by atoms with E-state index in [0.717, 1.165) is 0 Å². The van der Waals surface area contributed by atoms with Crippen LogP contribution in [0.4, 0.5) is 0 Å². The molecule has 0 radical (unpaired) electrons. The summed E-state index contributed by atoms with van der Waals surface area (Å²) in [7, 11) is 1.35. The molecule has 126 valence electrons. The summed E-state index contributed by atoms with van der Waals surface area (Å²) in [5, 5.41) is 10.5. The maximum absolute atomic E-state index is 12.4. The summed E-state index contributed by atoms with van der Waals surface area (Å²) in [5.74, 6) is -1.84. The van der Waals surface area contributed by atoms with Gasteiger partial charge in [-0.2, -0.15) is 0 Å². The zero-order valence-electron chi connectivity index (χ0n) is 13.6. The van der Waals surface area contributed by atoms with Crippen molar-refractivity contribution < 1.29 is 23.8 Å². The number of carbonyl (C=O) groups is 1. The Balaban J connectivity index is 2.32. The van der Waals surface area contributed by atoms with Gasteiger partial charge in [0.05, 0.1) is 0 Å². The van der Waals surface area contributed by atoms with Crippen molar-refractivity contribution in [2.24, 2.45) is 11.7 Å². The molecule has 7 nitrogen and oxygen atoms in total. The van der Waals surface area contributed by atoms with E-state index in [1.807, 2.05) is 0 Å². The number of rotatable bonds is 5. The number of benzene rings is 1. The van der Waals surface area contributed by atoms with Crippen molar-refractivity contribution in [2.45, 2.75) is 38.7 Å². The van der Waals surface area contributed by atoms with E-state index in [1.54, 1.807) is 45.0 Å². The van der Waals surface area contributed by atoms with Gasteiger partial charge in [0.2, 0.25) is 5.89 Å². The summed E-state index contributed by atoms with van der Waals surface area (Å²) >= 11 is 0. The third-order valence-corrected chi connectivity index (χ3v) is 3.21. The van der Waals surface area contributed by atoms with Crippen LogP contribution in [-0.4, -0.2) is 35.0 Å². The zero-order valence-corrected chi connectivity index (χ0v) is 13.6. The number of carbonyl (C=O) groups excluding carboxylic acids is 1. The average Bonchev–Trinajstić information content (AvgIpc) is 2.89. The second-order valence-corrected chi connectivity index (χ2v) is 6.22. The molecule has 0 amide bonds. The summed E-state index contributed by atoms with van der Waals surface area (Å²) in [5.41, 5.74) is 6.19. The lowest BCUT2D eigenvalue weighted by molar-refractivity contribution is -0.172. The number of esters is 1. The highest BCUT2D eigenvalue weighted by atomic mass is 16.6. The van der Waals surface area contributed by atoms with Crippen LogP contribution in [0.5, 0.6) is 0 Å². The second-order valence-electron chi connectivity index (χ2n) is 6.22. The standard InChI is InChI=1S/C16H22N2O5/c1-16(2,3)23-15(20)11(13(17)21-4)12(19)14-18-9-7-5-6-8-10(9)22-14/h5-8,11-13,19H,17H2,1-4H3. The van der Waals surface area contributed by atoms with Crippen molar-refractivity contribution in [3.05, 3.63) is 30.2 Å². The molecule has 3 atom stereocenters. The maximum atomic E-state index is 12.4. The number of ether oxygens (including phenoxy) is 2. The van der Waals surface area contributed by atoms with E-state index in [0.29, 0.717) is 11.1 Å². The van der Waals surface area contributed by atoms with Gasteiger partial charge < -0.3 is 24.7 Å². The summed E-state index contributed by atoms with van der Waals surface area (Å²) in [4.78, 5) is 16.6. The molecule has 0 aliphatic carbocycles. The van der Waals surface area contributed by atoms with Crippen molar-refractivity contribution >= 4 is 17.1 Å². The first-order valence-corrected chi connectivity index (χ1v) is 7.27. The number of aliphatic hydroxyl groups excluding tert-OH is 1. The van der Waals surface area contributed by atoms with E-state index in [4.69, 9.17) is 19.6 Å². The van der Waals surface area contributed by atoms with Crippen LogP contribution in [0.3, 0.4) is 0 Å². The van der Waals surface area contributed by atoms with Gasteiger partial charge in [-0.1, -0.05) is 12.1 Å². The number of para-hydroxylation sites is 2. The first-order chi connectivity index (χ1) is 10.7. The van der Waals surface area contributed by atoms with E-state index in [2.05, 4.69) is 4.98 Å². The van der Waals surface area contributed by atoms with Crippen molar-refractivity contribution in [2.75, 3.05) is 7.11 Å². The molecule has 1 aromatic carbocycles. The first kappa shape index (κ1) is 17.4. The summed E-state index contributed by atoms with van der Waals surface area (Å²) in [6.07, 6.45) is -2.44. The Morgan fingerprint density at radius 3 is 2.57 bits per heavy atom. The second kappa shape index (κ2) is 6.66. The molecule has 0 bridgehead atoms. The highest BCUT2D eigenvalue weighted by Crippen LogP contribution is 2.29. The zero-order chi connectivity index (χ0) is 17.2. The minimum Gasteiger partial charge on any atom is -0.460 e. The van der Waals surface area contributed by atoms with Gasteiger partial charge in [0.1, 0.15) is 29.4 Å². The number of methoxy groups -OCH3 is 1. The number of oxazole rings is 1. The van der Waals surface area contributed by atoms with Crippen LogP contribution in [0.25, 0.3) is 11.1 Å². The smallest absolute Gasteiger partial charge is 0.316 e. The lowest BCUT2D eigenvalue weighted by atomic mass is 10.00. The highest BCUT2D eigenvalue weighted by Gasteiger charge is 2.39. The highest BCUT2D eigenvalue weighted by molar-refractivity contribution is 5.75. The SMILES string of the molecule is COC(N)C(C(=O)OC(C)(C)C)C(O)c1nc2ccccc2o1. The lowest BCUT2D eigenvalue weighted by Crippen LogP contribution is -2.43. The Morgan fingerprint density at radius 1 is 1.35 bits per heavy atom. The van der Waals surface area contributed by atoms with E-state index in [1.165, 1.54) is 7.11 Å². The molecule has 0 fully saturated rings. The van der Waals surface area contributed by atoms with Crippen LogP contribution in [0.1, 0.15) is 32.8 Å². The van der Waals surface area contributed by atoms with E-state index in [-0.39, 0.29) is 5.89 Å². The lowest BCUT2D eigenvalue weighted by Gasteiger charge is -2.28. The maximum Gasteiger partial charge on any atom is 0.316 e. The molecule has 0 aliphatic rings. The Bertz CT molecular complexity index is 643. The van der Waals surface area contributed by atoms with Gasteiger partial charge in [0, 0.05) is 7.11 Å². The van der Waals surface area contributed by atoms with Crippen molar-refractivity contribution in [3.8, 4) is 0 Å². The Hall–Kier alpha value is -1.96. The minimum absolute atomic E-state index is 0.00504. The Kier molecular flexibility index (Phi) is 5.03. The van der Waals surface area contributed by atoms with Gasteiger partial charge in [-0.25, -0.2) is 4.98 Å². The molecule has 0 spiro atoms. The quantitative estimate of drug-likeness (QED) is 0.637. The van der Waals surface area contributed by atoms with E-state index < -0.39 is 29.8 Å². The van der Waals surface area contributed by atoms with Crippen molar-refractivity contribution in [1.29, 1.82) is 0 Å². The number of aromatic nitrogens is 1. The summed E-state index contributed by atoms with van der Waals surface area (Å²) < 4.78 is 15.8. The normalized spacial score (nSPS) is 16.1. The number of nitrogens with two attached hydrogens (primary N) is 1. The molecular formula is C16H22N2O5. The van der Waals surface area contributed by atoms with Gasteiger partial charge >= 0.3 is 5.97 Å². The third-order valence-electron chi connectivity index (χ3n) is 3.21. The Labute approximate surface area is 134 Å². The fourth-order valence-electron chi connectivity index (χ4n) is 2.13. The first-order valence-electron chi connectivity index (χ1n) is 7.27. The third kappa shape index (κ3) is 4.07. The predicted octanol–water partition coefficient (Wildman–Crippen LogP) is 1.75. The molecule has 0 aliphatic heterocycles. The van der Waals surface area contributed by atoms with Gasteiger partial charge in [0.15, 0.2) is 5.58 Å². The van der Waals surface area contributed by atoms with Crippen LogP contribution < -0.4 is 5.73 Å². The molecule has 0 saturated carbocycles. The number of hydrogen-bond acceptors (Lipinski definition) is 7. The van der Waals surface area contributed by atoms with Crippen LogP contribution in [0.2, 0.25) is 0 Å². The van der Waals surface area contributed by atoms with E-state index in [9.17, 15) is 9.90 Å². The van der Waals surface area contributed by atoms with Crippen LogP contribution in [-0.2, 0) is 14.3 Å². The minimum atomic E-state index is -1.38. The fraction of sp³-hybridized carbons (Fsp3) is 0.500. The molecule has 3 N–H and O–H groups in total. The van der Waals surface area contributed by atoms with Crippen molar-refractivity contribution in [3.63, 3.8) is 0 Å². The van der Waals surface area contributed by atoms with Gasteiger partial charge in [-0.3, -0.25) is 4.79 Å². The van der Waals surface area contributed by atoms with E-state index >= 15 is 0 Å². The molecule has 0 saturated heterocycles. The molecule has 2 rings (SSSR count). The molecule has 1 aromatic heterocycles. The predicted molar refractivity (Wildman–Crippen MR) is 83.3 cm³/mol. The number of hydrogen-bond donors (Lipinski definition) is 2.